The normalized spacial score (nSPS) is 12.4. The molecule has 1 atom stereocenters. The minimum Gasteiger partial charge on any atom is -0.466 e. The average molecular weight is 836 g/mol. The fraction of sp³-hybridized carbons (Fsp3) is 0.962. The van der Waals surface area contributed by atoms with Gasteiger partial charge < -0.3 is 19.1 Å². The highest BCUT2D eigenvalue weighted by Crippen LogP contribution is 2.23. The number of unbranched alkanes of at least 4 members (excludes halogenated alkanes) is 19. The number of carbonyl (C=O) groups is 2. The quantitative estimate of drug-likeness (QED) is 0.0449. The second kappa shape index (κ2) is 44.9. The van der Waals surface area contributed by atoms with Crippen LogP contribution in [0.1, 0.15) is 273 Å². The van der Waals surface area contributed by atoms with Crippen molar-refractivity contribution in [1.29, 1.82) is 0 Å². The van der Waals surface area contributed by atoms with Crippen LogP contribution in [-0.4, -0.2) is 62.4 Å². The van der Waals surface area contributed by atoms with Crippen LogP contribution >= 0.6 is 0 Å². The van der Waals surface area contributed by atoms with Gasteiger partial charge in [0, 0.05) is 25.5 Å². The molecule has 352 valence electrons. The van der Waals surface area contributed by atoms with Gasteiger partial charge in [-0.3, -0.25) is 9.59 Å². The molecule has 0 saturated carbocycles. The third-order valence-corrected chi connectivity index (χ3v) is 12.9. The highest BCUT2D eigenvalue weighted by molar-refractivity contribution is 5.69. The first-order valence-electron chi connectivity index (χ1n) is 26.4. The monoisotopic (exact) mass is 836 g/mol. The zero-order chi connectivity index (χ0) is 43.4. The molecule has 0 aromatic rings. The molecule has 59 heavy (non-hydrogen) atoms. The van der Waals surface area contributed by atoms with E-state index in [9.17, 15) is 9.59 Å². The number of hydrogen-bond acceptors (Lipinski definition) is 6. The van der Waals surface area contributed by atoms with E-state index >= 15 is 0 Å². The Morgan fingerprint density at radius 1 is 0.407 bits per heavy atom. The lowest BCUT2D eigenvalue weighted by Gasteiger charge is -2.21. The average Bonchev–Trinajstić information content (AvgIpc) is 3.22. The van der Waals surface area contributed by atoms with Crippen molar-refractivity contribution in [2.45, 2.75) is 285 Å². The molecule has 0 fully saturated rings. The fourth-order valence-electron chi connectivity index (χ4n) is 8.40. The van der Waals surface area contributed by atoms with Gasteiger partial charge in [0.05, 0.1) is 19.3 Å². The molecular formula is C53H105NO5. The summed E-state index contributed by atoms with van der Waals surface area (Å²) in [5.41, 5.74) is 0. The summed E-state index contributed by atoms with van der Waals surface area (Å²) in [5, 5.41) is 0. The van der Waals surface area contributed by atoms with Crippen molar-refractivity contribution in [3.05, 3.63) is 0 Å². The number of esters is 2. The Balaban J connectivity index is 4.28. The summed E-state index contributed by atoms with van der Waals surface area (Å²) in [6, 6.07) is 0.594. The first-order valence-corrected chi connectivity index (χ1v) is 26.4. The van der Waals surface area contributed by atoms with Crippen LogP contribution in [0, 0.1) is 11.8 Å². The molecule has 0 radical (unpaired) electrons. The molecular weight excluding hydrogens is 731 g/mol. The van der Waals surface area contributed by atoms with Gasteiger partial charge in [0.25, 0.3) is 0 Å². The fourth-order valence-corrected chi connectivity index (χ4v) is 8.40. The number of hydrogen-bond donors (Lipinski definition) is 0. The maximum atomic E-state index is 12.4. The Hall–Kier alpha value is -1.14. The summed E-state index contributed by atoms with van der Waals surface area (Å²) < 4.78 is 17.8. The zero-order valence-electron chi connectivity index (χ0n) is 41.1. The SMILES string of the molecule is CCCCCC(CCCCC)CCOC(=O)CCCCCCCCCC(CCCCCCCC(=O)OCCC(CCCCC)CCCCC)OCCCCN(C)C(C)C. The van der Waals surface area contributed by atoms with E-state index in [1.54, 1.807) is 0 Å². The molecule has 0 N–H and O–H groups in total. The Morgan fingerprint density at radius 3 is 1.14 bits per heavy atom. The van der Waals surface area contributed by atoms with E-state index in [4.69, 9.17) is 14.2 Å². The number of rotatable bonds is 47. The Kier molecular flexibility index (Phi) is 44.0. The van der Waals surface area contributed by atoms with Crippen molar-refractivity contribution < 1.29 is 23.8 Å². The lowest BCUT2D eigenvalue weighted by molar-refractivity contribution is -0.145. The highest BCUT2D eigenvalue weighted by atomic mass is 16.5. The van der Waals surface area contributed by atoms with Gasteiger partial charge in [-0.05, 0) is 90.6 Å². The van der Waals surface area contributed by atoms with Crippen LogP contribution < -0.4 is 0 Å². The topological polar surface area (TPSA) is 65.1 Å². The second-order valence-corrected chi connectivity index (χ2v) is 18.8. The van der Waals surface area contributed by atoms with Gasteiger partial charge in [-0.25, -0.2) is 0 Å². The lowest BCUT2D eigenvalue weighted by Crippen LogP contribution is -2.27. The molecule has 0 aromatic heterocycles. The third kappa shape index (κ3) is 40.7. The number of carbonyl (C=O) groups excluding carboxylic acids is 2. The van der Waals surface area contributed by atoms with Gasteiger partial charge in [-0.15, -0.1) is 0 Å². The lowest BCUT2D eigenvalue weighted by atomic mass is 9.92. The van der Waals surface area contributed by atoms with Crippen molar-refractivity contribution in [2.75, 3.05) is 33.4 Å². The predicted octanol–water partition coefficient (Wildman–Crippen LogP) is 16.2. The largest absolute Gasteiger partial charge is 0.466 e. The van der Waals surface area contributed by atoms with Crippen LogP contribution in [0.3, 0.4) is 0 Å². The Morgan fingerprint density at radius 2 is 0.763 bits per heavy atom. The van der Waals surface area contributed by atoms with E-state index < -0.39 is 0 Å². The zero-order valence-corrected chi connectivity index (χ0v) is 41.1. The molecule has 0 aromatic carbocycles. The maximum Gasteiger partial charge on any atom is 0.305 e. The van der Waals surface area contributed by atoms with E-state index in [1.165, 1.54) is 167 Å². The van der Waals surface area contributed by atoms with Gasteiger partial charge in [0.2, 0.25) is 0 Å². The van der Waals surface area contributed by atoms with Crippen LogP contribution in [-0.2, 0) is 23.8 Å². The van der Waals surface area contributed by atoms with E-state index in [-0.39, 0.29) is 11.9 Å². The van der Waals surface area contributed by atoms with Crippen molar-refractivity contribution in [1.82, 2.24) is 4.90 Å². The van der Waals surface area contributed by atoms with E-state index in [0.29, 0.717) is 44.1 Å². The molecule has 0 bridgehead atoms. The van der Waals surface area contributed by atoms with Crippen LogP contribution in [0.4, 0.5) is 0 Å². The van der Waals surface area contributed by atoms with E-state index in [1.807, 2.05) is 0 Å². The minimum absolute atomic E-state index is 0.00342. The van der Waals surface area contributed by atoms with Crippen LogP contribution in [0.2, 0.25) is 0 Å². The number of nitrogens with zero attached hydrogens (tertiary/aromatic N) is 1. The summed E-state index contributed by atoms with van der Waals surface area (Å²) in [4.78, 5) is 27.2. The van der Waals surface area contributed by atoms with Gasteiger partial charge in [0.1, 0.15) is 0 Å². The first kappa shape index (κ1) is 57.9. The van der Waals surface area contributed by atoms with Gasteiger partial charge in [0.15, 0.2) is 0 Å². The van der Waals surface area contributed by atoms with E-state index in [0.717, 1.165) is 70.4 Å². The van der Waals surface area contributed by atoms with Crippen molar-refractivity contribution in [3.63, 3.8) is 0 Å². The highest BCUT2D eigenvalue weighted by Gasteiger charge is 2.13. The van der Waals surface area contributed by atoms with Crippen molar-refractivity contribution >= 4 is 11.9 Å². The molecule has 0 rings (SSSR count). The minimum atomic E-state index is 0.00342. The Bertz CT molecular complexity index is 860. The molecule has 1 unspecified atom stereocenters. The molecule has 0 saturated heterocycles. The second-order valence-electron chi connectivity index (χ2n) is 18.8. The van der Waals surface area contributed by atoms with Gasteiger partial charge in [-0.2, -0.15) is 0 Å². The summed E-state index contributed by atoms with van der Waals surface area (Å²) in [6.07, 6.45) is 43.0. The molecule has 0 aliphatic carbocycles. The molecule has 0 aliphatic rings. The van der Waals surface area contributed by atoms with Gasteiger partial charge in [-0.1, -0.05) is 195 Å². The number of ether oxygens (including phenoxy) is 3. The third-order valence-electron chi connectivity index (χ3n) is 12.9. The van der Waals surface area contributed by atoms with Crippen molar-refractivity contribution in [2.24, 2.45) is 11.8 Å². The molecule has 0 heterocycles. The smallest absolute Gasteiger partial charge is 0.305 e. The molecule has 6 heteroatoms. The van der Waals surface area contributed by atoms with Gasteiger partial charge >= 0.3 is 11.9 Å². The maximum absolute atomic E-state index is 12.4. The van der Waals surface area contributed by atoms with Crippen LogP contribution in [0.25, 0.3) is 0 Å². The first-order chi connectivity index (χ1) is 28.8. The molecule has 0 amide bonds. The van der Waals surface area contributed by atoms with Crippen LogP contribution in [0.5, 0.6) is 0 Å². The predicted molar refractivity (Wildman–Crippen MR) is 255 cm³/mol. The van der Waals surface area contributed by atoms with Crippen molar-refractivity contribution in [3.8, 4) is 0 Å². The van der Waals surface area contributed by atoms with E-state index in [2.05, 4.69) is 53.5 Å². The molecule has 0 aliphatic heterocycles. The summed E-state index contributed by atoms with van der Waals surface area (Å²) in [6.45, 7) is 16.8. The standard InChI is InChI=1S/C53H105NO5/c1-8-12-24-34-49(35-25-13-9-2)42-46-58-52(55)40-30-22-18-16-17-20-28-38-51(57-45-33-32-44-54(7)48(5)6)39-29-21-19-23-31-41-53(56)59-47-43-50(36-26-14-10-3)37-27-15-11-4/h48-51H,8-47H2,1-7H3. The molecule has 6 nitrogen and oxygen atoms in total. The van der Waals surface area contributed by atoms with Crippen LogP contribution in [0.15, 0.2) is 0 Å². The summed E-state index contributed by atoms with van der Waals surface area (Å²) in [5.74, 6) is 1.45. The summed E-state index contributed by atoms with van der Waals surface area (Å²) >= 11 is 0. The molecule has 0 spiro atoms. The summed E-state index contributed by atoms with van der Waals surface area (Å²) in [7, 11) is 2.22. The Labute approximate surface area is 369 Å².